The molecule has 1 amide bonds. The van der Waals surface area contributed by atoms with Crippen molar-refractivity contribution in [2.75, 3.05) is 13.1 Å². The second-order valence-corrected chi connectivity index (χ2v) is 6.01. The standard InChI is InChI=1S/C14H18N4OS/c1-10-11-3-7-20-13(11)2-5-18(10)14(19)12-8-17(6-4-15)9-16-12/h3,7-10H,2,4-6,15H2,1H3. The first-order chi connectivity index (χ1) is 9.70. The predicted octanol–water partition coefficient (Wildman–Crippen LogP) is 1.66. The van der Waals surface area contributed by atoms with Crippen LogP contribution in [-0.2, 0) is 13.0 Å². The van der Waals surface area contributed by atoms with Gasteiger partial charge in [0.1, 0.15) is 5.69 Å². The van der Waals surface area contributed by atoms with Crippen LogP contribution in [0, 0.1) is 0 Å². The van der Waals surface area contributed by atoms with E-state index in [0.717, 1.165) is 13.0 Å². The Morgan fingerprint density at radius 3 is 3.25 bits per heavy atom. The Hall–Kier alpha value is -1.66. The van der Waals surface area contributed by atoms with Crippen LogP contribution in [0.25, 0.3) is 0 Å². The van der Waals surface area contributed by atoms with Gasteiger partial charge in [-0.05, 0) is 30.4 Å². The summed E-state index contributed by atoms with van der Waals surface area (Å²) in [6.45, 7) is 4.07. The lowest BCUT2D eigenvalue weighted by atomic mass is 10.0. The van der Waals surface area contributed by atoms with Crippen LogP contribution in [0.5, 0.6) is 0 Å². The molecule has 3 heterocycles. The number of amides is 1. The van der Waals surface area contributed by atoms with Crippen LogP contribution < -0.4 is 5.73 Å². The van der Waals surface area contributed by atoms with Gasteiger partial charge in [0.05, 0.1) is 12.4 Å². The normalized spacial score (nSPS) is 18.1. The average Bonchev–Trinajstić information content (AvgIpc) is 3.08. The van der Waals surface area contributed by atoms with Gasteiger partial charge >= 0.3 is 0 Å². The zero-order valence-corrected chi connectivity index (χ0v) is 12.3. The van der Waals surface area contributed by atoms with E-state index < -0.39 is 0 Å². The molecule has 20 heavy (non-hydrogen) atoms. The van der Waals surface area contributed by atoms with E-state index in [2.05, 4.69) is 23.4 Å². The van der Waals surface area contributed by atoms with Gasteiger partial charge in [0.15, 0.2) is 0 Å². The third-order valence-electron chi connectivity index (χ3n) is 3.78. The molecule has 2 N–H and O–H groups in total. The molecule has 0 aromatic carbocycles. The molecule has 0 radical (unpaired) electrons. The van der Waals surface area contributed by atoms with Crippen molar-refractivity contribution in [3.05, 3.63) is 40.1 Å². The molecule has 1 aliphatic rings. The maximum absolute atomic E-state index is 12.6. The second-order valence-electron chi connectivity index (χ2n) is 5.01. The minimum Gasteiger partial charge on any atom is -0.335 e. The van der Waals surface area contributed by atoms with Crippen molar-refractivity contribution in [1.82, 2.24) is 14.5 Å². The van der Waals surface area contributed by atoms with Crippen LogP contribution in [0.4, 0.5) is 0 Å². The van der Waals surface area contributed by atoms with Gasteiger partial charge in [-0.15, -0.1) is 11.3 Å². The van der Waals surface area contributed by atoms with Crippen LogP contribution >= 0.6 is 11.3 Å². The summed E-state index contributed by atoms with van der Waals surface area (Å²) in [7, 11) is 0. The lowest BCUT2D eigenvalue weighted by molar-refractivity contribution is 0.0673. The zero-order valence-electron chi connectivity index (χ0n) is 11.5. The number of imidazole rings is 1. The van der Waals surface area contributed by atoms with E-state index in [9.17, 15) is 4.79 Å². The number of aromatic nitrogens is 2. The molecule has 6 heteroatoms. The number of fused-ring (bicyclic) bond motifs is 1. The molecule has 0 spiro atoms. The van der Waals surface area contributed by atoms with Gasteiger partial charge in [0.25, 0.3) is 5.91 Å². The fourth-order valence-electron chi connectivity index (χ4n) is 2.68. The Morgan fingerprint density at radius 2 is 2.45 bits per heavy atom. The molecule has 0 bridgehead atoms. The first-order valence-electron chi connectivity index (χ1n) is 6.79. The van der Waals surface area contributed by atoms with E-state index in [1.807, 2.05) is 9.47 Å². The highest BCUT2D eigenvalue weighted by Gasteiger charge is 2.29. The van der Waals surface area contributed by atoms with Gasteiger partial charge in [-0.2, -0.15) is 0 Å². The van der Waals surface area contributed by atoms with E-state index in [4.69, 9.17) is 5.73 Å². The third kappa shape index (κ3) is 2.25. The number of hydrogen-bond acceptors (Lipinski definition) is 4. The van der Waals surface area contributed by atoms with Crippen LogP contribution in [0.2, 0.25) is 0 Å². The summed E-state index contributed by atoms with van der Waals surface area (Å²) in [5.41, 5.74) is 7.29. The topological polar surface area (TPSA) is 64.2 Å². The summed E-state index contributed by atoms with van der Waals surface area (Å²) in [5.74, 6) is 0.00474. The number of carbonyl (C=O) groups excluding carboxylic acids is 1. The highest BCUT2D eigenvalue weighted by molar-refractivity contribution is 7.10. The zero-order chi connectivity index (χ0) is 14.1. The molecule has 0 fully saturated rings. The molecule has 1 aliphatic heterocycles. The van der Waals surface area contributed by atoms with Crippen molar-refractivity contribution in [3.8, 4) is 0 Å². The van der Waals surface area contributed by atoms with E-state index in [1.54, 1.807) is 23.9 Å². The fourth-order valence-corrected chi connectivity index (χ4v) is 3.64. The van der Waals surface area contributed by atoms with E-state index >= 15 is 0 Å². The minimum absolute atomic E-state index is 0.00474. The Balaban J connectivity index is 1.80. The lowest BCUT2D eigenvalue weighted by Crippen LogP contribution is -2.38. The summed E-state index contributed by atoms with van der Waals surface area (Å²) in [4.78, 5) is 20.1. The fraction of sp³-hybridized carbons (Fsp3) is 0.429. The Bertz CT molecular complexity index is 618. The molecular formula is C14H18N4OS. The van der Waals surface area contributed by atoms with Crippen LogP contribution in [-0.4, -0.2) is 33.4 Å². The molecule has 2 aromatic heterocycles. The first kappa shape index (κ1) is 13.3. The lowest BCUT2D eigenvalue weighted by Gasteiger charge is -2.33. The van der Waals surface area contributed by atoms with Gasteiger partial charge < -0.3 is 15.2 Å². The molecule has 106 valence electrons. The molecule has 1 atom stereocenters. The van der Waals surface area contributed by atoms with Crippen molar-refractivity contribution in [1.29, 1.82) is 0 Å². The molecule has 2 aromatic rings. The molecular weight excluding hydrogens is 272 g/mol. The summed E-state index contributed by atoms with van der Waals surface area (Å²) in [6.07, 6.45) is 4.39. The smallest absolute Gasteiger partial charge is 0.274 e. The molecule has 0 aliphatic carbocycles. The molecule has 0 saturated heterocycles. The number of nitrogens with two attached hydrogens (primary N) is 1. The highest BCUT2D eigenvalue weighted by Crippen LogP contribution is 2.33. The van der Waals surface area contributed by atoms with Gasteiger partial charge in [-0.3, -0.25) is 4.79 Å². The van der Waals surface area contributed by atoms with E-state index in [0.29, 0.717) is 18.8 Å². The maximum atomic E-state index is 12.6. The number of rotatable bonds is 3. The first-order valence-corrected chi connectivity index (χ1v) is 7.67. The molecule has 1 unspecified atom stereocenters. The van der Waals surface area contributed by atoms with Crippen molar-refractivity contribution < 1.29 is 4.79 Å². The van der Waals surface area contributed by atoms with E-state index in [-0.39, 0.29) is 11.9 Å². The Labute approximate surface area is 122 Å². The summed E-state index contributed by atoms with van der Waals surface area (Å²) >= 11 is 1.78. The van der Waals surface area contributed by atoms with Crippen molar-refractivity contribution in [2.24, 2.45) is 5.73 Å². The van der Waals surface area contributed by atoms with Gasteiger partial charge in [-0.25, -0.2) is 4.98 Å². The van der Waals surface area contributed by atoms with Crippen molar-refractivity contribution >= 4 is 17.2 Å². The largest absolute Gasteiger partial charge is 0.335 e. The summed E-state index contributed by atoms with van der Waals surface area (Å²) in [6, 6.07) is 2.24. The third-order valence-corrected chi connectivity index (χ3v) is 4.77. The summed E-state index contributed by atoms with van der Waals surface area (Å²) in [5, 5.41) is 2.10. The minimum atomic E-state index is 0.00474. The van der Waals surface area contributed by atoms with Gasteiger partial charge in [0.2, 0.25) is 0 Å². The van der Waals surface area contributed by atoms with Gasteiger partial charge in [-0.1, -0.05) is 0 Å². The number of nitrogens with zero attached hydrogens (tertiary/aromatic N) is 3. The Kier molecular flexibility index (Phi) is 3.58. The van der Waals surface area contributed by atoms with Crippen LogP contribution in [0.15, 0.2) is 24.0 Å². The monoisotopic (exact) mass is 290 g/mol. The van der Waals surface area contributed by atoms with Crippen LogP contribution in [0.3, 0.4) is 0 Å². The number of carbonyl (C=O) groups is 1. The molecule has 5 nitrogen and oxygen atoms in total. The van der Waals surface area contributed by atoms with E-state index in [1.165, 1.54) is 10.4 Å². The number of thiophene rings is 1. The highest BCUT2D eigenvalue weighted by atomic mass is 32.1. The van der Waals surface area contributed by atoms with Crippen molar-refractivity contribution in [2.45, 2.75) is 25.9 Å². The van der Waals surface area contributed by atoms with Crippen molar-refractivity contribution in [3.63, 3.8) is 0 Å². The predicted molar refractivity (Wildman–Crippen MR) is 78.8 cm³/mol. The Morgan fingerprint density at radius 1 is 1.60 bits per heavy atom. The van der Waals surface area contributed by atoms with Gasteiger partial charge in [0, 0.05) is 30.7 Å². The number of hydrogen-bond donors (Lipinski definition) is 1. The average molecular weight is 290 g/mol. The molecule has 0 saturated carbocycles. The SMILES string of the molecule is CC1c2ccsc2CCN1C(=O)c1cn(CCN)cn1. The molecule has 3 rings (SSSR count). The van der Waals surface area contributed by atoms with Crippen LogP contribution in [0.1, 0.15) is 33.9 Å². The second kappa shape index (κ2) is 5.38. The quantitative estimate of drug-likeness (QED) is 0.935. The maximum Gasteiger partial charge on any atom is 0.274 e. The summed E-state index contributed by atoms with van der Waals surface area (Å²) < 4.78 is 1.86.